The molecule has 0 aromatic heterocycles. The Bertz CT molecular complexity index is 408. The number of rotatable bonds is 9. The van der Waals surface area contributed by atoms with Gasteiger partial charge in [0, 0.05) is 12.6 Å². The molecule has 0 amide bonds. The lowest BCUT2D eigenvalue weighted by atomic mass is 10.1. The Hall–Kier alpha value is -0.900. The van der Waals surface area contributed by atoms with Crippen LogP contribution in [0.15, 0.2) is 24.3 Å². The highest BCUT2D eigenvalue weighted by atomic mass is 16.5. The van der Waals surface area contributed by atoms with Crippen molar-refractivity contribution in [1.29, 1.82) is 0 Å². The molecule has 0 atom stereocenters. The highest BCUT2D eigenvalue weighted by molar-refractivity contribution is 5.22. The lowest BCUT2D eigenvalue weighted by Gasteiger charge is -2.14. The molecule has 1 aliphatic carbocycles. The molecular weight excluding hydrogens is 260 g/mol. The second-order valence-corrected chi connectivity index (χ2v) is 6.40. The van der Waals surface area contributed by atoms with Crippen molar-refractivity contribution in [2.45, 2.75) is 44.8 Å². The zero-order valence-electron chi connectivity index (χ0n) is 13.0. The van der Waals surface area contributed by atoms with Crippen LogP contribution in [0.25, 0.3) is 0 Å². The van der Waals surface area contributed by atoms with E-state index in [1.807, 2.05) is 0 Å². The van der Waals surface area contributed by atoms with Gasteiger partial charge in [-0.25, -0.2) is 0 Å². The average Bonchev–Trinajstić information content (AvgIpc) is 3.19. The molecule has 0 radical (unpaired) electrons. The highest BCUT2D eigenvalue weighted by Crippen LogP contribution is 2.18. The Morgan fingerprint density at radius 2 is 1.76 bits per heavy atom. The molecule has 1 aromatic rings. The van der Waals surface area contributed by atoms with E-state index >= 15 is 0 Å². The number of benzene rings is 1. The van der Waals surface area contributed by atoms with Gasteiger partial charge in [-0.05, 0) is 62.9 Å². The van der Waals surface area contributed by atoms with Crippen molar-refractivity contribution in [3.63, 3.8) is 0 Å². The summed E-state index contributed by atoms with van der Waals surface area (Å²) in [5.74, 6) is 0. The van der Waals surface area contributed by atoms with Gasteiger partial charge >= 0.3 is 0 Å². The molecular formula is C18H28N2O. The zero-order valence-corrected chi connectivity index (χ0v) is 13.0. The van der Waals surface area contributed by atoms with Crippen LogP contribution in [0.5, 0.6) is 0 Å². The molecule has 2 fully saturated rings. The van der Waals surface area contributed by atoms with Gasteiger partial charge in [-0.15, -0.1) is 0 Å². The van der Waals surface area contributed by atoms with Gasteiger partial charge in [0.1, 0.15) is 0 Å². The van der Waals surface area contributed by atoms with E-state index in [4.69, 9.17) is 4.74 Å². The lowest BCUT2D eigenvalue weighted by molar-refractivity contribution is 0.0992. The zero-order chi connectivity index (χ0) is 14.3. The van der Waals surface area contributed by atoms with Gasteiger partial charge < -0.3 is 15.0 Å². The number of hydrogen-bond acceptors (Lipinski definition) is 3. The molecule has 3 rings (SSSR count). The van der Waals surface area contributed by atoms with Crippen molar-refractivity contribution in [1.82, 2.24) is 10.2 Å². The highest BCUT2D eigenvalue weighted by Gasteiger charge is 2.19. The molecule has 3 nitrogen and oxygen atoms in total. The van der Waals surface area contributed by atoms with Crippen LogP contribution in [0.2, 0.25) is 0 Å². The predicted octanol–water partition coefficient (Wildman–Crippen LogP) is 2.59. The Balaban J connectivity index is 1.29. The van der Waals surface area contributed by atoms with Crippen LogP contribution >= 0.6 is 0 Å². The molecule has 21 heavy (non-hydrogen) atoms. The lowest BCUT2D eigenvalue weighted by Crippen LogP contribution is -2.23. The average molecular weight is 288 g/mol. The Kier molecular flexibility index (Phi) is 5.67. The van der Waals surface area contributed by atoms with E-state index in [9.17, 15) is 0 Å². The standard InChI is InChI=1S/C18H28N2O/c1-2-12-20(11-1)13-14-21-15-17-5-3-16(4-6-17)9-10-19-18-7-8-18/h3-6,18-19H,1-2,7-15H2. The summed E-state index contributed by atoms with van der Waals surface area (Å²) in [6.45, 7) is 6.31. The van der Waals surface area contributed by atoms with Gasteiger partial charge in [0.15, 0.2) is 0 Å². The normalized spacial score (nSPS) is 19.2. The van der Waals surface area contributed by atoms with Gasteiger partial charge in [-0.1, -0.05) is 24.3 Å². The molecule has 1 aliphatic heterocycles. The largest absolute Gasteiger partial charge is 0.375 e. The van der Waals surface area contributed by atoms with E-state index < -0.39 is 0 Å². The number of ether oxygens (including phenoxy) is 1. The van der Waals surface area contributed by atoms with Gasteiger partial charge in [-0.3, -0.25) is 0 Å². The number of nitrogens with zero attached hydrogens (tertiary/aromatic N) is 1. The first kappa shape index (κ1) is 15.0. The molecule has 1 heterocycles. The van der Waals surface area contributed by atoms with Crippen molar-refractivity contribution in [3.05, 3.63) is 35.4 Å². The van der Waals surface area contributed by atoms with E-state index in [2.05, 4.69) is 34.5 Å². The van der Waals surface area contributed by atoms with Crippen molar-refractivity contribution in [2.75, 3.05) is 32.8 Å². The Morgan fingerprint density at radius 1 is 1.05 bits per heavy atom. The summed E-state index contributed by atoms with van der Waals surface area (Å²) in [5, 5.41) is 3.56. The number of likely N-dealkylation sites (tertiary alicyclic amines) is 1. The first-order valence-corrected chi connectivity index (χ1v) is 8.51. The van der Waals surface area contributed by atoms with E-state index in [0.717, 1.165) is 38.8 Å². The fourth-order valence-electron chi connectivity index (χ4n) is 2.90. The van der Waals surface area contributed by atoms with E-state index in [0.29, 0.717) is 0 Å². The molecule has 1 saturated heterocycles. The molecule has 2 aliphatic rings. The molecule has 1 aromatic carbocycles. The summed E-state index contributed by atoms with van der Waals surface area (Å²) in [5.41, 5.74) is 2.71. The van der Waals surface area contributed by atoms with Crippen LogP contribution in [-0.2, 0) is 17.8 Å². The quantitative estimate of drug-likeness (QED) is 0.707. The predicted molar refractivity (Wildman–Crippen MR) is 86.5 cm³/mol. The third kappa shape index (κ3) is 5.42. The van der Waals surface area contributed by atoms with Crippen molar-refractivity contribution in [2.24, 2.45) is 0 Å². The van der Waals surface area contributed by atoms with Crippen LogP contribution in [0.4, 0.5) is 0 Å². The molecule has 0 bridgehead atoms. The third-order valence-electron chi connectivity index (χ3n) is 4.47. The maximum absolute atomic E-state index is 5.79. The first-order valence-electron chi connectivity index (χ1n) is 8.51. The Morgan fingerprint density at radius 3 is 2.48 bits per heavy atom. The minimum absolute atomic E-state index is 0.744. The molecule has 1 N–H and O–H groups in total. The summed E-state index contributed by atoms with van der Waals surface area (Å²) in [6.07, 6.45) is 6.59. The smallest absolute Gasteiger partial charge is 0.0717 e. The maximum Gasteiger partial charge on any atom is 0.0717 e. The fraction of sp³-hybridized carbons (Fsp3) is 0.667. The van der Waals surface area contributed by atoms with Crippen LogP contribution in [0.3, 0.4) is 0 Å². The van der Waals surface area contributed by atoms with Crippen LogP contribution < -0.4 is 5.32 Å². The van der Waals surface area contributed by atoms with Crippen LogP contribution in [0, 0.1) is 0 Å². The summed E-state index contributed by atoms with van der Waals surface area (Å²) >= 11 is 0. The van der Waals surface area contributed by atoms with Crippen molar-refractivity contribution >= 4 is 0 Å². The fourth-order valence-corrected chi connectivity index (χ4v) is 2.90. The van der Waals surface area contributed by atoms with Gasteiger partial charge in [-0.2, -0.15) is 0 Å². The molecule has 0 unspecified atom stereocenters. The summed E-state index contributed by atoms with van der Waals surface area (Å²) in [6, 6.07) is 9.72. The minimum atomic E-state index is 0.744. The van der Waals surface area contributed by atoms with Crippen molar-refractivity contribution in [3.8, 4) is 0 Å². The van der Waals surface area contributed by atoms with Gasteiger partial charge in [0.2, 0.25) is 0 Å². The maximum atomic E-state index is 5.79. The van der Waals surface area contributed by atoms with E-state index in [1.54, 1.807) is 0 Å². The monoisotopic (exact) mass is 288 g/mol. The molecule has 3 heteroatoms. The third-order valence-corrected chi connectivity index (χ3v) is 4.47. The van der Waals surface area contributed by atoms with E-state index in [-0.39, 0.29) is 0 Å². The minimum Gasteiger partial charge on any atom is -0.375 e. The summed E-state index contributed by atoms with van der Waals surface area (Å²) in [7, 11) is 0. The van der Waals surface area contributed by atoms with Crippen molar-refractivity contribution < 1.29 is 4.74 Å². The number of hydrogen-bond donors (Lipinski definition) is 1. The summed E-state index contributed by atoms with van der Waals surface area (Å²) in [4.78, 5) is 2.50. The number of nitrogens with one attached hydrogen (secondary N) is 1. The van der Waals surface area contributed by atoms with Crippen LogP contribution in [-0.4, -0.2) is 43.7 Å². The Labute approximate surface area is 128 Å². The topological polar surface area (TPSA) is 24.5 Å². The molecule has 0 spiro atoms. The summed E-state index contributed by atoms with van der Waals surface area (Å²) < 4.78 is 5.79. The molecule has 116 valence electrons. The van der Waals surface area contributed by atoms with Gasteiger partial charge in [0.05, 0.1) is 13.2 Å². The van der Waals surface area contributed by atoms with Crippen LogP contribution in [0.1, 0.15) is 36.8 Å². The second kappa shape index (κ2) is 7.92. The van der Waals surface area contributed by atoms with Gasteiger partial charge in [0.25, 0.3) is 0 Å². The molecule has 1 saturated carbocycles. The SMILES string of the molecule is c1cc(COCCN2CCCC2)ccc1CCNC1CC1. The first-order chi connectivity index (χ1) is 10.4. The second-order valence-electron chi connectivity index (χ2n) is 6.40. The van der Waals surface area contributed by atoms with E-state index in [1.165, 1.54) is 49.9 Å².